The van der Waals surface area contributed by atoms with E-state index in [1.54, 1.807) is 13.2 Å². The standard InChI is InChI=1S/C13H15F2N3/c1-18(8-12(14)15)13-11-5-3-2-4-10(11)9(6-16)7-17-13/h2-5,7,12H,6,8,16H2,1H3. The Morgan fingerprint density at radius 1 is 1.28 bits per heavy atom. The molecule has 0 radical (unpaired) electrons. The van der Waals surface area contributed by atoms with E-state index >= 15 is 0 Å². The van der Waals surface area contributed by atoms with Crippen molar-refractivity contribution in [1.29, 1.82) is 0 Å². The fourth-order valence-electron chi connectivity index (χ4n) is 2.00. The number of hydrogen-bond acceptors (Lipinski definition) is 3. The monoisotopic (exact) mass is 251 g/mol. The number of halogens is 2. The van der Waals surface area contributed by atoms with Crippen molar-refractivity contribution < 1.29 is 8.78 Å². The number of fused-ring (bicyclic) bond motifs is 1. The number of pyridine rings is 1. The fourth-order valence-corrected chi connectivity index (χ4v) is 2.00. The maximum Gasteiger partial charge on any atom is 0.255 e. The van der Waals surface area contributed by atoms with E-state index in [1.165, 1.54) is 4.90 Å². The summed E-state index contributed by atoms with van der Waals surface area (Å²) >= 11 is 0. The highest BCUT2D eigenvalue weighted by Crippen LogP contribution is 2.26. The largest absolute Gasteiger partial charge is 0.353 e. The molecule has 1 aromatic heterocycles. The smallest absolute Gasteiger partial charge is 0.255 e. The van der Waals surface area contributed by atoms with Gasteiger partial charge in [0.15, 0.2) is 0 Å². The normalized spacial score (nSPS) is 11.2. The van der Waals surface area contributed by atoms with E-state index in [9.17, 15) is 8.78 Å². The van der Waals surface area contributed by atoms with E-state index in [-0.39, 0.29) is 6.54 Å². The van der Waals surface area contributed by atoms with E-state index in [0.29, 0.717) is 12.4 Å². The second-order valence-electron chi connectivity index (χ2n) is 4.13. The minimum absolute atomic E-state index is 0.334. The molecule has 1 aromatic carbocycles. The summed E-state index contributed by atoms with van der Waals surface area (Å²) in [6.07, 6.45) is -0.732. The third-order valence-electron chi connectivity index (χ3n) is 2.85. The molecule has 0 amide bonds. The number of hydrogen-bond donors (Lipinski definition) is 1. The van der Waals surface area contributed by atoms with Crippen molar-refractivity contribution in [3.05, 3.63) is 36.0 Å². The van der Waals surface area contributed by atoms with Crippen molar-refractivity contribution in [2.24, 2.45) is 5.73 Å². The molecule has 0 fully saturated rings. The lowest BCUT2D eigenvalue weighted by Crippen LogP contribution is -2.25. The molecule has 96 valence electrons. The Bertz CT molecular complexity index is 543. The lowest BCUT2D eigenvalue weighted by atomic mass is 10.1. The SMILES string of the molecule is CN(CC(F)F)c1ncc(CN)c2ccccc12. The van der Waals surface area contributed by atoms with Crippen molar-refractivity contribution in [3.8, 4) is 0 Å². The van der Waals surface area contributed by atoms with Crippen LogP contribution in [0.1, 0.15) is 5.56 Å². The lowest BCUT2D eigenvalue weighted by molar-refractivity contribution is 0.156. The molecule has 0 aliphatic heterocycles. The van der Waals surface area contributed by atoms with Gasteiger partial charge in [-0.1, -0.05) is 24.3 Å². The van der Waals surface area contributed by atoms with Gasteiger partial charge in [-0.25, -0.2) is 13.8 Å². The summed E-state index contributed by atoms with van der Waals surface area (Å²) in [5, 5.41) is 1.81. The molecule has 2 N–H and O–H groups in total. The van der Waals surface area contributed by atoms with E-state index in [1.807, 2.05) is 24.3 Å². The number of rotatable bonds is 4. The number of anilines is 1. The average Bonchev–Trinajstić information content (AvgIpc) is 2.36. The first kappa shape index (κ1) is 12.7. The number of aromatic nitrogens is 1. The Labute approximate surface area is 104 Å². The van der Waals surface area contributed by atoms with Crippen molar-refractivity contribution in [2.75, 3.05) is 18.5 Å². The third kappa shape index (κ3) is 2.41. The van der Waals surface area contributed by atoms with E-state index < -0.39 is 6.43 Å². The van der Waals surface area contributed by atoms with Gasteiger partial charge in [-0.05, 0) is 10.9 Å². The Kier molecular flexibility index (Phi) is 3.72. The third-order valence-corrected chi connectivity index (χ3v) is 2.85. The molecule has 0 saturated carbocycles. The van der Waals surface area contributed by atoms with Gasteiger partial charge >= 0.3 is 0 Å². The van der Waals surface area contributed by atoms with Gasteiger partial charge in [0.25, 0.3) is 6.43 Å². The molecule has 1 heterocycles. The first-order valence-electron chi connectivity index (χ1n) is 5.69. The average molecular weight is 251 g/mol. The number of nitrogens with zero attached hydrogens (tertiary/aromatic N) is 2. The van der Waals surface area contributed by atoms with Gasteiger partial charge in [-0.3, -0.25) is 0 Å². The summed E-state index contributed by atoms with van der Waals surface area (Å²) in [4.78, 5) is 5.71. The maximum absolute atomic E-state index is 12.4. The summed E-state index contributed by atoms with van der Waals surface area (Å²) in [5.74, 6) is 0.558. The van der Waals surface area contributed by atoms with Crippen LogP contribution in [0.2, 0.25) is 0 Å². The quantitative estimate of drug-likeness (QED) is 0.907. The van der Waals surface area contributed by atoms with Crippen LogP contribution in [0.25, 0.3) is 10.8 Å². The molecular weight excluding hydrogens is 236 g/mol. The first-order chi connectivity index (χ1) is 8.63. The Morgan fingerprint density at radius 2 is 1.94 bits per heavy atom. The molecule has 3 nitrogen and oxygen atoms in total. The summed E-state index contributed by atoms with van der Waals surface area (Å²) in [6, 6.07) is 7.57. The number of benzene rings is 1. The highest BCUT2D eigenvalue weighted by molar-refractivity contribution is 5.94. The molecule has 0 saturated heterocycles. The zero-order valence-electron chi connectivity index (χ0n) is 10.1. The second kappa shape index (κ2) is 5.27. The first-order valence-corrected chi connectivity index (χ1v) is 5.69. The van der Waals surface area contributed by atoms with Crippen LogP contribution in [0.3, 0.4) is 0 Å². The molecule has 0 aliphatic rings. The molecule has 0 spiro atoms. The van der Waals surface area contributed by atoms with Crippen LogP contribution in [0.4, 0.5) is 14.6 Å². The van der Waals surface area contributed by atoms with Crippen molar-refractivity contribution in [1.82, 2.24) is 4.98 Å². The molecule has 0 atom stereocenters. The summed E-state index contributed by atoms with van der Waals surface area (Å²) in [6.45, 7) is 0.0469. The Balaban J connectivity index is 2.52. The van der Waals surface area contributed by atoms with Crippen LogP contribution in [-0.2, 0) is 6.54 Å². The predicted molar refractivity (Wildman–Crippen MR) is 68.9 cm³/mol. The molecule has 0 unspecified atom stereocenters. The molecule has 18 heavy (non-hydrogen) atoms. The van der Waals surface area contributed by atoms with Crippen LogP contribution >= 0.6 is 0 Å². The minimum atomic E-state index is -2.38. The Morgan fingerprint density at radius 3 is 2.56 bits per heavy atom. The van der Waals surface area contributed by atoms with Gasteiger partial charge in [0, 0.05) is 25.2 Å². The molecule has 2 aromatic rings. The zero-order valence-corrected chi connectivity index (χ0v) is 10.1. The van der Waals surface area contributed by atoms with Gasteiger partial charge in [-0.15, -0.1) is 0 Å². The van der Waals surface area contributed by atoms with E-state index in [0.717, 1.165) is 16.3 Å². The molecular formula is C13H15F2N3. The van der Waals surface area contributed by atoms with Crippen molar-refractivity contribution in [2.45, 2.75) is 13.0 Å². The number of alkyl halides is 2. The summed E-state index contributed by atoms with van der Waals surface area (Å²) < 4.78 is 24.9. The highest BCUT2D eigenvalue weighted by atomic mass is 19.3. The number of nitrogens with two attached hydrogens (primary N) is 1. The van der Waals surface area contributed by atoms with Crippen molar-refractivity contribution in [3.63, 3.8) is 0 Å². The van der Waals surface area contributed by atoms with Crippen LogP contribution in [0, 0.1) is 0 Å². The van der Waals surface area contributed by atoms with Crippen molar-refractivity contribution >= 4 is 16.6 Å². The zero-order chi connectivity index (χ0) is 13.1. The lowest BCUT2D eigenvalue weighted by Gasteiger charge is -2.20. The van der Waals surface area contributed by atoms with Crippen LogP contribution in [0.5, 0.6) is 0 Å². The molecule has 0 bridgehead atoms. The predicted octanol–water partition coefficient (Wildman–Crippen LogP) is 2.39. The maximum atomic E-state index is 12.4. The second-order valence-corrected chi connectivity index (χ2v) is 4.13. The van der Waals surface area contributed by atoms with Crippen LogP contribution in [0.15, 0.2) is 30.5 Å². The summed E-state index contributed by atoms with van der Waals surface area (Å²) in [7, 11) is 1.61. The van der Waals surface area contributed by atoms with Gasteiger partial charge in [-0.2, -0.15) is 0 Å². The van der Waals surface area contributed by atoms with Crippen LogP contribution < -0.4 is 10.6 Å². The van der Waals surface area contributed by atoms with E-state index in [2.05, 4.69) is 4.98 Å². The molecule has 2 rings (SSSR count). The van der Waals surface area contributed by atoms with Gasteiger partial charge in [0.05, 0.1) is 6.54 Å². The highest BCUT2D eigenvalue weighted by Gasteiger charge is 2.13. The van der Waals surface area contributed by atoms with Gasteiger partial charge in [0.2, 0.25) is 0 Å². The van der Waals surface area contributed by atoms with Crippen LogP contribution in [-0.4, -0.2) is 25.0 Å². The Hall–Kier alpha value is -1.75. The van der Waals surface area contributed by atoms with E-state index in [4.69, 9.17) is 5.73 Å². The molecule has 0 aliphatic carbocycles. The fraction of sp³-hybridized carbons (Fsp3) is 0.308. The van der Waals surface area contributed by atoms with Gasteiger partial charge in [0.1, 0.15) is 5.82 Å². The minimum Gasteiger partial charge on any atom is -0.353 e. The van der Waals surface area contributed by atoms with Gasteiger partial charge < -0.3 is 10.6 Å². The summed E-state index contributed by atoms with van der Waals surface area (Å²) in [5.41, 5.74) is 6.57. The topological polar surface area (TPSA) is 42.2 Å². The molecule has 5 heteroatoms.